The van der Waals surface area contributed by atoms with Crippen molar-refractivity contribution in [1.82, 2.24) is 0 Å². The molecule has 2 rings (SSSR count). The maximum atomic E-state index is 12.3. The molecule has 0 aliphatic rings. The zero-order valence-corrected chi connectivity index (χ0v) is 10.8. The Kier molecular flexibility index (Phi) is 4.11. The van der Waals surface area contributed by atoms with Crippen LogP contribution in [0.5, 0.6) is 0 Å². The quantitative estimate of drug-likeness (QED) is 0.614. The van der Waals surface area contributed by atoms with Crippen LogP contribution in [0.4, 0.5) is 0 Å². The lowest BCUT2D eigenvalue weighted by Gasteiger charge is -2.17. The fraction of sp³-hybridized carbons (Fsp3) is 0.0588. The molecule has 3 nitrogen and oxygen atoms in total. The van der Waals surface area contributed by atoms with E-state index in [4.69, 9.17) is 0 Å². The summed E-state index contributed by atoms with van der Waals surface area (Å²) in [5.74, 6) is -3.16. The Labute approximate surface area is 117 Å². The second kappa shape index (κ2) is 5.97. The van der Waals surface area contributed by atoms with E-state index in [0.717, 1.165) is 5.56 Å². The smallest absolute Gasteiger partial charge is 0.175 e. The SMILES string of the molecule is C=Cc1ccc(C(=O)C(C(=O)[O-])c2ccccc2)cc1. The number of carbonyl (C=O) groups is 2. The van der Waals surface area contributed by atoms with Crippen LogP contribution in [0.2, 0.25) is 0 Å². The number of hydrogen-bond acceptors (Lipinski definition) is 3. The molecule has 20 heavy (non-hydrogen) atoms. The minimum atomic E-state index is -1.39. The van der Waals surface area contributed by atoms with Gasteiger partial charge in [0.1, 0.15) is 0 Å². The molecule has 0 radical (unpaired) electrons. The van der Waals surface area contributed by atoms with E-state index < -0.39 is 17.7 Å². The van der Waals surface area contributed by atoms with Crippen molar-refractivity contribution in [3.63, 3.8) is 0 Å². The number of rotatable bonds is 5. The van der Waals surface area contributed by atoms with Crippen molar-refractivity contribution in [1.29, 1.82) is 0 Å². The van der Waals surface area contributed by atoms with E-state index in [-0.39, 0.29) is 0 Å². The van der Waals surface area contributed by atoms with Crippen LogP contribution in [0.3, 0.4) is 0 Å². The maximum Gasteiger partial charge on any atom is 0.175 e. The summed E-state index contributed by atoms with van der Waals surface area (Å²) < 4.78 is 0. The molecule has 1 unspecified atom stereocenters. The Morgan fingerprint density at radius 2 is 1.60 bits per heavy atom. The first-order chi connectivity index (χ1) is 9.63. The minimum Gasteiger partial charge on any atom is -0.549 e. The fourth-order valence-electron chi connectivity index (χ4n) is 1.99. The highest BCUT2D eigenvalue weighted by molar-refractivity contribution is 6.12. The maximum absolute atomic E-state index is 12.3. The van der Waals surface area contributed by atoms with Crippen LogP contribution < -0.4 is 5.11 Å². The van der Waals surface area contributed by atoms with Gasteiger partial charge in [0, 0.05) is 5.56 Å². The lowest BCUT2D eigenvalue weighted by molar-refractivity contribution is -0.306. The molecule has 2 aromatic carbocycles. The van der Waals surface area contributed by atoms with Crippen LogP contribution >= 0.6 is 0 Å². The third-order valence-electron chi connectivity index (χ3n) is 3.06. The van der Waals surface area contributed by atoms with Crippen LogP contribution in [0.1, 0.15) is 27.4 Å². The lowest BCUT2D eigenvalue weighted by atomic mass is 9.90. The molecular formula is C17H13O3-. The standard InChI is InChI=1S/C17H14O3/c1-2-12-8-10-14(11-9-12)16(18)15(17(19)20)13-6-4-3-5-7-13/h2-11,15H,1H2,(H,19,20)/p-1. The van der Waals surface area contributed by atoms with Gasteiger partial charge in [0.15, 0.2) is 5.78 Å². The van der Waals surface area contributed by atoms with E-state index in [1.807, 2.05) is 0 Å². The van der Waals surface area contributed by atoms with Crippen LogP contribution in [0, 0.1) is 0 Å². The van der Waals surface area contributed by atoms with E-state index in [1.54, 1.807) is 60.7 Å². The number of benzene rings is 2. The number of carboxylic acid groups (broad SMARTS) is 1. The van der Waals surface area contributed by atoms with Gasteiger partial charge in [0.25, 0.3) is 0 Å². The highest BCUT2D eigenvalue weighted by Crippen LogP contribution is 2.21. The molecule has 0 amide bonds. The van der Waals surface area contributed by atoms with Gasteiger partial charge in [-0.1, -0.05) is 67.3 Å². The zero-order chi connectivity index (χ0) is 14.5. The first-order valence-electron chi connectivity index (χ1n) is 6.16. The van der Waals surface area contributed by atoms with E-state index in [9.17, 15) is 14.7 Å². The molecule has 100 valence electrons. The molecule has 0 spiro atoms. The number of carboxylic acids is 1. The van der Waals surface area contributed by atoms with E-state index in [0.29, 0.717) is 11.1 Å². The summed E-state index contributed by atoms with van der Waals surface area (Å²) in [6.07, 6.45) is 1.65. The Morgan fingerprint density at radius 3 is 2.10 bits per heavy atom. The van der Waals surface area contributed by atoms with Crippen molar-refractivity contribution in [2.45, 2.75) is 5.92 Å². The number of carbonyl (C=O) groups excluding carboxylic acids is 2. The summed E-state index contributed by atoms with van der Waals surface area (Å²) in [5.41, 5.74) is 1.63. The highest BCUT2D eigenvalue weighted by Gasteiger charge is 2.22. The van der Waals surface area contributed by atoms with Gasteiger partial charge in [0.2, 0.25) is 0 Å². The van der Waals surface area contributed by atoms with E-state index in [2.05, 4.69) is 6.58 Å². The van der Waals surface area contributed by atoms with Crippen molar-refractivity contribution in [2.24, 2.45) is 0 Å². The van der Waals surface area contributed by atoms with Gasteiger partial charge in [0.05, 0.1) is 11.9 Å². The molecule has 0 aromatic heterocycles. The molecule has 0 N–H and O–H groups in total. The minimum absolute atomic E-state index is 0.341. The normalized spacial score (nSPS) is 11.6. The Morgan fingerprint density at radius 1 is 1.00 bits per heavy atom. The second-order valence-corrected chi connectivity index (χ2v) is 4.35. The molecule has 0 heterocycles. The molecule has 3 heteroatoms. The average Bonchev–Trinajstić information content (AvgIpc) is 2.48. The molecule has 1 atom stereocenters. The predicted molar refractivity (Wildman–Crippen MR) is 75.1 cm³/mol. The topological polar surface area (TPSA) is 57.2 Å². The molecule has 0 saturated heterocycles. The third kappa shape index (κ3) is 2.83. The largest absolute Gasteiger partial charge is 0.549 e. The molecule has 0 bridgehead atoms. The van der Waals surface area contributed by atoms with Gasteiger partial charge in [-0.05, 0) is 11.1 Å². The van der Waals surface area contributed by atoms with Crippen molar-refractivity contribution in [2.75, 3.05) is 0 Å². The first-order valence-corrected chi connectivity index (χ1v) is 6.16. The molecule has 0 aliphatic carbocycles. The third-order valence-corrected chi connectivity index (χ3v) is 3.06. The Balaban J connectivity index is 2.36. The van der Waals surface area contributed by atoms with Gasteiger partial charge < -0.3 is 9.90 Å². The van der Waals surface area contributed by atoms with Gasteiger partial charge >= 0.3 is 0 Å². The predicted octanol–water partition coefficient (Wildman–Crippen LogP) is 2.05. The Hall–Kier alpha value is -2.68. The van der Waals surface area contributed by atoms with Crippen molar-refractivity contribution in [3.8, 4) is 0 Å². The zero-order valence-electron chi connectivity index (χ0n) is 10.8. The molecule has 2 aromatic rings. The van der Waals surface area contributed by atoms with Crippen molar-refractivity contribution in [3.05, 3.63) is 77.9 Å². The van der Waals surface area contributed by atoms with E-state index >= 15 is 0 Å². The fourth-order valence-corrected chi connectivity index (χ4v) is 1.99. The lowest BCUT2D eigenvalue weighted by Crippen LogP contribution is -2.34. The number of ketones is 1. The molecule has 0 fully saturated rings. The first kappa shape index (κ1) is 13.7. The highest BCUT2D eigenvalue weighted by atomic mass is 16.4. The monoisotopic (exact) mass is 265 g/mol. The van der Waals surface area contributed by atoms with E-state index in [1.165, 1.54) is 0 Å². The van der Waals surface area contributed by atoms with Crippen LogP contribution in [-0.2, 0) is 4.79 Å². The molecule has 0 aliphatic heterocycles. The average molecular weight is 265 g/mol. The van der Waals surface area contributed by atoms with Crippen molar-refractivity contribution < 1.29 is 14.7 Å². The van der Waals surface area contributed by atoms with Crippen LogP contribution in [0.25, 0.3) is 6.08 Å². The molecule has 0 saturated carbocycles. The summed E-state index contributed by atoms with van der Waals surface area (Å²) >= 11 is 0. The summed E-state index contributed by atoms with van der Waals surface area (Å²) in [6, 6.07) is 15.0. The number of hydrogen-bond donors (Lipinski definition) is 0. The summed E-state index contributed by atoms with van der Waals surface area (Å²) in [5, 5.41) is 11.3. The van der Waals surface area contributed by atoms with Crippen LogP contribution in [0.15, 0.2) is 61.2 Å². The summed E-state index contributed by atoms with van der Waals surface area (Å²) in [4.78, 5) is 23.6. The second-order valence-electron chi connectivity index (χ2n) is 4.35. The number of aliphatic carboxylic acids is 1. The van der Waals surface area contributed by atoms with Gasteiger partial charge in [-0.15, -0.1) is 0 Å². The Bertz CT molecular complexity index is 627. The summed E-state index contributed by atoms with van der Waals surface area (Å²) in [6.45, 7) is 3.63. The molecular weight excluding hydrogens is 252 g/mol. The van der Waals surface area contributed by atoms with Gasteiger partial charge in [-0.25, -0.2) is 0 Å². The van der Waals surface area contributed by atoms with Gasteiger partial charge in [-0.2, -0.15) is 0 Å². The van der Waals surface area contributed by atoms with Crippen molar-refractivity contribution >= 4 is 17.8 Å². The van der Waals surface area contributed by atoms with Gasteiger partial charge in [-0.3, -0.25) is 4.79 Å². The number of Topliss-reactive ketones (excluding diaryl/α,β-unsaturated/α-hetero) is 1. The van der Waals surface area contributed by atoms with Crippen LogP contribution in [-0.4, -0.2) is 11.8 Å². The summed E-state index contributed by atoms with van der Waals surface area (Å²) in [7, 11) is 0.